The first-order valence-corrected chi connectivity index (χ1v) is 10.7. The topological polar surface area (TPSA) is 56.8 Å². The SMILES string of the molecule is CCOc1cc(C(=O)NCC2(c3ccc(F)cc3F)CC2C)cc(OCC)c1OCC. The molecule has 31 heavy (non-hydrogen) atoms. The molecule has 1 aliphatic carbocycles. The summed E-state index contributed by atoms with van der Waals surface area (Å²) in [6, 6.07) is 6.85. The molecule has 5 nitrogen and oxygen atoms in total. The summed E-state index contributed by atoms with van der Waals surface area (Å²) >= 11 is 0. The van der Waals surface area contributed by atoms with Crippen molar-refractivity contribution in [3.8, 4) is 17.2 Å². The minimum Gasteiger partial charge on any atom is -0.490 e. The molecule has 2 aromatic carbocycles. The molecule has 0 heterocycles. The van der Waals surface area contributed by atoms with Crippen molar-refractivity contribution in [3.05, 3.63) is 53.1 Å². The largest absolute Gasteiger partial charge is 0.490 e. The van der Waals surface area contributed by atoms with E-state index in [4.69, 9.17) is 14.2 Å². The Bertz CT molecular complexity index is 922. The van der Waals surface area contributed by atoms with E-state index in [0.29, 0.717) is 54.6 Å². The predicted molar refractivity (Wildman–Crippen MR) is 114 cm³/mol. The summed E-state index contributed by atoms with van der Waals surface area (Å²) < 4.78 is 44.7. The highest BCUT2D eigenvalue weighted by atomic mass is 19.1. The standard InChI is InChI=1S/C24H29F2NO4/c1-5-29-20-10-16(11-21(30-6-2)22(20)31-7-3)23(28)27-14-24(13-15(24)4)18-9-8-17(25)12-19(18)26/h8-12,15H,5-7,13-14H2,1-4H3,(H,27,28). The highest BCUT2D eigenvalue weighted by Gasteiger charge is 2.53. The number of rotatable bonds is 10. The number of benzene rings is 2. The third-order valence-corrected chi connectivity index (χ3v) is 5.66. The minimum atomic E-state index is -0.616. The number of ether oxygens (including phenoxy) is 3. The second kappa shape index (κ2) is 9.54. The van der Waals surface area contributed by atoms with Gasteiger partial charge in [-0.1, -0.05) is 13.0 Å². The maximum atomic E-state index is 14.4. The Labute approximate surface area is 181 Å². The second-order valence-corrected chi connectivity index (χ2v) is 7.67. The van der Waals surface area contributed by atoms with E-state index in [1.165, 1.54) is 12.1 Å². The Balaban J connectivity index is 1.84. The smallest absolute Gasteiger partial charge is 0.251 e. The summed E-state index contributed by atoms with van der Waals surface area (Å²) in [6.45, 7) is 9.02. The zero-order chi connectivity index (χ0) is 22.6. The Hall–Kier alpha value is -2.83. The van der Waals surface area contributed by atoms with E-state index >= 15 is 0 Å². The highest BCUT2D eigenvalue weighted by Crippen LogP contribution is 2.54. The maximum Gasteiger partial charge on any atom is 0.251 e. The van der Waals surface area contributed by atoms with Crippen LogP contribution in [0.4, 0.5) is 8.78 Å². The van der Waals surface area contributed by atoms with E-state index in [0.717, 1.165) is 6.07 Å². The van der Waals surface area contributed by atoms with Gasteiger partial charge in [0, 0.05) is 23.6 Å². The molecule has 2 unspecified atom stereocenters. The van der Waals surface area contributed by atoms with Crippen LogP contribution in [0, 0.1) is 17.6 Å². The second-order valence-electron chi connectivity index (χ2n) is 7.67. The van der Waals surface area contributed by atoms with E-state index in [2.05, 4.69) is 5.32 Å². The van der Waals surface area contributed by atoms with Crippen molar-refractivity contribution < 1.29 is 27.8 Å². The van der Waals surface area contributed by atoms with Gasteiger partial charge in [-0.05, 0) is 56.9 Å². The summed E-state index contributed by atoms with van der Waals surface area (Å²) in [5, 5.41) is 2.91. The third-order valence-electron chi connectivity index (χ3n) is 5.66. The number of halogens is 2. The lowest BCUT2D eigenvalue weighted by molar-refractivity contribution is 0.0947. The lowest BCUT2D eigenvalue weighted by atomic mass is 9.92. The van der Waals surface area contributed by atoms with Crippen molar-refractivity contribution in [2.45, 2.75) is 39.5 Å². The van der Waals surface area contributed by atoms with Gasteiger partial charge in [-0.2, -0.15) is 0 Å². The number of carbonyl (C=O) groups is 1. The average molecular weight is 433 g/mol. The van der Waals surface area contributed by atoms with Crippen LogP contribution in [0.5, 0.6) is 17.2 Å². The lowest BCUT2D eigenvalue weighted by Gasteiger charge is -2.20. The predicted octanol–water partition coefficient (Wildman–Crippen LogP) is 4.87. The fourth-order valence-electron chi connectivity index (χ4n) is 3.96. The number of hydrogen-bond donors (Lipinski definition) is 1. The lowest BCUT2D eigenvalue weighted by Crippen LogP contribution is -2.34. The zero-order valence-electron chi connectivity index (χ0n) is 18.4. The van der Waals surface area contributed by atoms with Crippen molar-refractivity contribution in [3.63, 3.8) is 0 Å². The van der Waals surface area contributed by atoms with Crippen molar-refractivity contribution in [2.75, 3.05) is 26.4 Å². The van der Waals surface area contributed by atoms with Crippen molar-refractivity contribution in [1.82, 2.24) is 5.32 Å². The van der Waals surface area contributed by atoms with Gasteiger partial charge in [0.1, 0.15) is 11.6 Å². The Morgan fingerprint density at radius 1 is 1.03 bits per heavy atom. The number of nitrogens with one attached hydrogen (secondary N) is 1. The van der Waals surface area contributed by atoms with Crippen LogP contribution in [0.2, 0.25) is 0 Å². The van der Waals surface area contributed by atoms with Gasteiger partial charge in [-0.15, -0.1) is 0 Å². The molecule has 168 valence electrons. The van der Waals surface area contributed by atoms with Crippen LogP contribution in [0.15, 0.2) is 30.3 Å². The van der Waals surface area contributed by atoms with Gasteiger partial charge < -0.3 is 19.5 Å². The van der Waals surface area contributed by atoms with Crippen LogP contribution in [-0.4, -0.2) is 32.3 Å². The first-order chi connectivity index (χ1) is 14.9. The van der Waals surface area contributed by atoms with Crippen LogP contribution in [-0.2, 0) is 5.41 Å². The number of amides is 1. The minimum absolute atomic E-state index is 0.172. The fraction of sp³-hybridized carbons (Fsp3) is 0.458. The van der Waals surface area contributed by atoms with Crippen LogP contribution >= 0.6 is 0 Å². The summed E-state index contributed by atoms with van der Waals surface area (Å²) in [7, 11) is 0. The summed E-state index contributed by atoms with van der Waals surface area (Å²) in [5.74, 6) is -0.0357. The van der Waals surface area contributed by atoms with E-state index < -0.39 is 17.0 Å². The Morgan fingerprint density at radius 2 is 1.61 bits per heavy atom. The van der Waals surface area contributed by atoms with E-state index in [9.17, 15) is 13.6 Å². The fourth-order valence-corrected chi connectivity index (χ4v) is 3.96. The van der Waals surface area contributed by atoms with E-state index in [1.807, 2.05) is 27.7 Å². The zero-order valence-corrected chi connectivity index (χ0v) is 18.4. The molecule has 0 spiro atoms. The van der Waals surface area contributed by atoms with E-state index in [-0.39, 0.29) is 18.4 Å². The van der Waals surface area contributed by atoms with Gasteiger partial charge in [0.2, 0.25) is 5.75 Å². The van der Waals surface area contributed by atoms with Gasteiger partial charge >= 0.3 is 0 Å². The average Bonchev–Trinajstić information content (AvgIpc) is 3.39. The first-order valence-electron chi connectivity index (χ1n) is 10.7. The molecule has 2 atom stereocenters. The molecule has 0 radical (unpaired) electrons. The van der Waals surface area contributed by atoms with E-state index in [1.54, 1.807) is 12.1 Å². The molecule has 0 bridgehead atoms. The molecule has 3 rings (SSSR count). The molecular weight excluding hydrogens is 404 g/mol. The molecular formula is C24H29F2NO4. The van der Waals surface area contributed by atoms with Gasteiger partial charge in [-0.3, -0.25) is 4.79 Å². The summed E-state index contributed by atoms with van der Waals surface area (Å²) in [6.07, 6.45) is 0.716. The molecule has 1 saturated carbocycles. The molecule has 0 aromatic heterocycles. The summed E-state index contributed by atoms with van der Waals surface area (Å²) in [4.78, 5) is 13.0. The van der Waals surface area contributed by atoms with Crippen LogP contribution in [0.1, 0.15) is 50.0 Å². The molecule has 1 aliphatic rings. The van der Waals surface area contributed by atoms with Gasteiger partial charge in [0.05, 0.1) is 19.8 Å². The molecule has 1 N–H and O–H groups in total. The quantitative estimate of drug-likeness (QED) is 0.581. The molecule has 1 amide bonds. The van der Waals surface area contributed by atoms with Gasteiger partial charge in [-0.25, -0.2) is 8.78 Å². The number of hydrogen-bond acceptors (Lipinski definition) is 4. The molecule has 7 heteroatoms. The van der Waals surface area contributed by atoms with Crippen molar-refractivity contribution >= 4 is 5.91 Å². The van der Waals surface area contributed by atoms with Crippen LogP contribution < -0.4 is 19.5 Å². The normalized spacial score (nSPS) is 19.6. The highest BCUT2D eigenvalue weighted by molar-refractivity contribution is 5.95. The van der Waals surface area contributed by atoms with Crippen LogP contribution in [0.25, 0.3) is 0 Å². The Kier molecular flexibility index (Phi) is 7.03. The van der Waals surface area contributed by atoms with Gasteiger partial charge in [0.15, 0.2) is 11.5 Å². The number of carbonyl (C=O) groups excluding carboxylic acids is 1. The summed E-state index contributed by atoms with van der Waals surface area (Å²) in [5.41, 5.74) is 0.251. The van der Waals surface area contributed by atoms with Crippen LogP contribution in [0.3, 0.4) is 0 Å². The first kappa shape index (κ1) is 22.8. The molecule has 0 aliphatic heterocycles. The van der Waals surface area contributed by atoms with Gasteiger partial charge in [0.25, 0.3) is 5.91 Å². The van der Waals surface area contributed by atoms with Crippen molar-refractivity contribution in [2.24, 2.45) is 5.92 Å². The Morgan fingerprint density at radius 3 is 2.10 bits per heavy atom. The maximum absolute atomic E-state index is 14.4. The molecule has 0 saturated heterocycles. The third kappa shape index (κ3) is 4.75. The molecule has 2 aromatic rings. The molecule has 1 fully saturated rings. The monoisotopic (exact) mass is 433 g/mol. The van der Waals surface area contributed by atoms with Crippen molar-refractivity contribution in [1.29, 1.82) is 0 Å².